The van der Waals surface area contributed by atoms with Crippen LogP contribution in [-0.4, -0.2) is 24.6 Å². The monoisotopic (exact) mass is 341 g/mol. The van der Waals surface area contributed by atoms with E-state index in [1.807, 2.05) is 11.3 Å². The topological polar surface area (TPSA) is 28.2 Å². The van der Waals surface area contributed by atoms with Crippen LogP contribution in [0, 0.1) is 0 Å². The molecule has 1 aromatic carbocycles. The molecule has 1 unspecified atom stereocenters. The Bertz CT molecular complexity index is 701. The molecular formula is C20H27N3S. The normalized spacial score (nSPS) is 19.8. The molecule has 0 aliphatic carbocycles. The highest BCUT2D eigenvalue weighted by Crippen LogP contribution is 2.38. The first-order valence-electron chi connectivity index (χ1n) is 9.29. The second-order valence-electron chi connectivity index (χ2n) is 7.35. The van der Waals surface area contributed by atoms with Gasteiger partial charge in [0.25, 0.3) is 0 Å². The van der Waals surface area contributed by atoms with Gasteiger partial charge in [-0.1, -0.05) is 32.0 Å². The number of nitrogens with zero attached hydrogens (tertiary/aromatic N) is 2. The van der Waals surface area contributed by atoms with Crippen LogP contribution in [-0.2, 0) is 6.42 Å². The number of aromatic nitrogens is 1. The number of benzene rings is 1. The van der Waals surface area contributed by atoms with Gasteiger partial charge in [-0.05, 0) is 36.8 Å². The van der Waals surface area contributed by atoms with E-state index < -0.39 is 0 Å². The van der Waals surface area contributed by atoms with Crippen molar-refractivity contribution in [3.8, 4) is 0 Å². The van der Waals surface area contributed by atoms with Crippen molar-refractivity contribution in [3.63, 3.8) is 0 Å². The van der Waals surface area contributed by atoms with Crippen molar-refractivity contribution in [2.24, 2.45) is 0 Å². The largest absolute Gasteiger partial charge is 0.384 e. The molecule has 3 heterocycles. The van der Waals surface area contributed by atoms with E-state index in [0.29, 0.717) is 11.8 Å². The second kappa shape index (κ2) is 6.75. The van der Waals surface area contributed by atoms with Crippen molar-refractivity contribution in [1.82, 2.24) is 4.98 Å². The summed E-state index contributed by atoms with van der Waals surface area (Å²) < 4.78 is 0. The van der Waals surface area contributed by atoms with E-state index in [2.05, 4.69) is 48.3 Å². The van der Waals surface area contributed by atoms with Gasteiger partial charge in [-0.3, -0.25) is 0 Å². The van der Waals surface area contributed by atoms with Crippen LogP contribution in [0.25, 0.3) is 0 Å². The fraction of sp³-hybridized carbons (Fsp3) is 0.550. The van der Waals surface area contributed by atoms with E-state index in [1.54, 1.807) is 0 Å². The Hall–Kier alpha value is -1.55. The first-order valence-corrected chi connectivity index (χ1v) is 10.1. The lowest BCUT2D eigenvalue weighted by Crippen LogP contribution is -2.18. The van der Waals surface area contributed by atoms with Crippen LogP contribution in [0.15, 0.2) is 24.3 Å². The van der Waals surface area contributed by atoms with Crippen molar-refractivity contribution >= 4 is 22.0 Å². The first kappa shape index (κ1) is 15.9. The lowest BCUT2D eigenvalue weighted by Gasteiger charge is -2.17. The lowest BCUT2D eigenvalue weighted by molar-refractivity contribution is 0.670. The smallest absolute Gasteiger partial charge is 0.115 e. The summed E-state index contributed by atoms with van der Waals surface area (Å²) in [7, 11) is 0. The minimum atomic E-state index is 0.513. The summed E-state index contributed by atoms with van der Waals surface area (Å²) in [4.78, 5) is 7.59. The summed E-state index contributed by atoms with van der Waals surface area (Å²) >= 11 is 1.94. The van der Waals surface area contributed by atoms with Gasteiger partial charge in [0.15, 0.2) is 0 Å². The highest BCUT2D eigenvalue weighted by Gasteiger charge is 2.24. The zero-order valence-electron chi connectivity index (χ0n) is 14.7. The molecule has 4 rings (SSSR count). The van der Waals surface area contributed by atoms with Crippen molar-refractivity contribution in [2.75, 3.05) is 29.9 Å². The molecule has 0 radical (unpaired) electrons. The second-order valence-corrected chi connectivity index (χ2v) is 8.41. The van der Waals surface area contributed by atoms with Gasteiger partial charge in [0.2, 0.25) is 0 Å². The minimum absolute atomic E-state index is 0.513. The molecular weight excluding hydrogens is 314 g/mol. The van der Waals surface area contributed by atoms with E-state index in [1.165, 1.54) is 59.3 Å². The van der Waals surface area contributed by atoms with Crippen LogP contribution < -0.4 is 10.2 Å². The highest BCUT2D eigenvalue weighted by molar-refractivity contribution is 7.15. The number of nitrogens with one attached hydrogen (secondary N) is 1. The highest BCUT2D eigenvalue weighted by atomic mass is 32.1. The Kier molecular flexibility index (Phi) is 4.49. The number of hydrogen-bond acceptors (Lipinski definition) is 4. The summed E-state index contributed by atoms with van der Waals surface area (Å²) in [6.45, 7) is 8.04. The fourth-order valence-corrected chi connectivity index (χ4v) is 5.20. The number of thiazole rings is 1. The molecule has 2 aliphatic heterocycles. The molecule has 1 N–H and O–H groups in total. The number of para-hydroxylation sites is 1. The van der Waals surface area contributed by atoms with Gasteiger partial charge in [0.05, 0.1) is 10.7 Å². The van der Waals surface area contributed by atoms with Crippen LogP contribution in [0.2, 0.25) is 0 Å². The van der Waals surface area contributed by atoms with Gasteiger partial charge in [-0.15, -0.1) is 11.3 Å². The Morgan fingerprint density at radius 2 is 2.04 bits per heavy atom. The van der Waals surface area contributed by atoms with E-state index >= 15 is 0 Å². The number of rotatable bonds is 5. The summed E-state index contributed by atoms with van der Waals surface area (Å²) in [5, 5.41) is 6.31. The maximum atomic E-state index is 5.03. The van der Waals surface area contributed by atoms with Gasteiger partial charge < -0.3 is 10.2 Å². The molecule has 1 aromatic heterocycles. The molecule has 0 saturated carbocycles. The van der Waals surface area contributed by atoms with E-state index in [-0.39, 0.29) is 0 Å². The van der Waals surface area contributed by atoms with Crippen molar-refractivity contribution in [1.29, 1.82) is 0 Å². The fourth-order valence-electron chi connectivity index (χ4n) is 3.91. The molecule has 24 heavy (non-hydrogen) atoms. The predicted molar refractivity (Wildman–Crippen MR) is 104 cm³/mol. The van der Waals surface area contributed by atoms with Gasteiger partial charge in [-0.2, -0.15) is 0 Å². The van der Waals surface area contributed by atoms with Crippen molar-refractivity contribution in [2.45, 2.75) is 51.4 Å². The molecule has 0 amide bonds. The van der Waals surface area contributed by atoms with Crippen molar-refractivity contribution in [3.05, 3.63) is 40.5 Å². The Morgan fingerprint density at radius 3 is 2.83 bits per heavy atom. The lowest BCUT2D eigenvalue weighted by atomic mass is 9.96. The minimum Gasteiger partial charge on any atom is -0.384 e. The van der Waals surface area contributed by atoms with E-state index in [4.69, 9.17) is 4.98 Å². The summed E-state index contributed by atoms with van der Waals surface area (Å²) in [6.07, 6.45) is 4.94. The third kappa shape index (κ3) is 3.04. The van der Waals surface area contributed by atoms with Crippen LogP contribution in [0.5, 0.6) is 0 Å². The van der Waals surface area contributed by atoms with Gasteiger partial charge in [0.1, 0.15) is 5.00 Å². The van der Waals surface area contributed by atoms with Crippen LogP contribution >= 0.6 is 11.3 Å². The molecule has 1 saturated heterocycles. The van der Waals surface area contributed by atoms with Gasteiger partial charge in [-0.25, -0.2) is 4.98 Å². The summed E-state index contributed by atoms with van der Waals surface area (Å²) in [5.41, 5.74) is 4.13. The Balaban J connectivity index is 1.48. The molecule has 3 nitrogen and oxygen atoms in total. The molecule has 0 spiro atoms. The van der Waals surface area contributed by atoms with Crippen LogP contribution in [0.3, 0.4) is 0 Å². The zero-order valence-corrected chi connectivity index (χ0v) is 15.5. The number of anilines is 2. The quantitative estimate of drug-likeness (QED) is 0.828. The third-order valence-corrected chi connectivity index (χ3v) is 6.46. The van der Waals surface area contributed by atoms with Gasteiger partial charge in [0, 0.05) is 37.7 Å². The SMILES string of the molecule is CC(C)c1nc(CCC2CNc3ccccc32)sc1N1CCCC1. The van der Waals surface area contributed by atoms with Gasteiger partial charge >= 0.3 is 0 Å². The molecule has 2 aliphatic rings. The predicted octanol–water partition coefficient (Wildman–Crippen LogP) is 5.01. The molecule has 2 aromatic rings. The molecule has 4 heteroatoms. The average Bonchev–Trinajstić information content (AvgIpc) is 3.31. The van der Waals surface area contributed by atoms with E-state index in [0.717, 1.165) is 13.0 Å². The number of aryl methyl sites for hydroxylation is 1. The number of fused-ring (bicyclic) bond motifs is 1. The van der Waals surface area contributed by atoms with Crippen LogP contribution in [0.1, 0.15) is 61.2 Å². The summed E-state index contributed by atoms with van der Waals surface area (Å²) in [6, 6.07) is 8.75. The maximum Gasteiger partial charge on any atom is 0.115 e. The molecule has 128 valence electrons. The standard InChI is InChI=1S/C20H27N3S/c1-14(2)19-20(23-11-5-6-12-23)24-18(22-19)10-9-15-13-21-17-8-4-3-7-16(15)17/h3-4,7-8,14-15,21H,5-6,9-13H2,1-2H3. The first-order chi connectivity index (χ1) is 11.7. The maximum absolute atomic E-state index is 5.03. The molecule has 1 fully saturated rings. The molecule has 0 bridgehead atoms. The van der Waals surface area contributed by atoms with Crippen LogP contribution in [0.4, 0.5) is 10.7 Å². The Labute approximate surface area is 149 Å². The zero-order chi connectivity index (χ0) is 16.5. The number of hydrogen-bond donors (Lipinski definition) is 1. The third-order valence-electron chi connectivity index (χ3n) is 5.27. The van der Waals surface area contributed by atoms with Crippen molar-refractivity contribution < 1.29 is 0 Å². The average molecular weight is 342 g/mol. The Morgan fingerprint density at radius 1 is 1.25 bits per heavy atom. The summed E-state index contributed by atoms with van der Waals surface area (Å²) in [5.74, 6) is 1.14. The molecule has 1 atom stereocenters. The van der Waals surface area contributed by atoms with E-state index in [9.17, 15) is 0 Å².